The number of fused-ring (bicyclic) bond motifs is 1. The maximum atomic E-state index is 12.4. The van der Waals surface area contributed by atoms with Crippen molar-refractivity contribution in [3.8, 4) is 11.5 Å². The largest absolute Gasteiger partial charge is 0.497 e. The van der Waals surface area contributed by atoms with Gasteiger partial charge in [-0.1, -0.05) is 0 Å². The fourth-order valence-corrected chi connectivity index (χ4v) is 2.74. The standard InChI is InChI=1S/C19H21N3O4/c1-12(26-15-8-6-14(25-4)7-9-15)18(23)20-13-5-10-16-17(11-13)22(3)19(24)21(16)2/h5-12H,1-4H3,(H,20,23). The van der Waals surface area contributed by atoms with Crippen LogP contribution in [0.15, 0.2) is 47.3 Å². The normalized spacial score (nSPS) is 12.0. The molecule has 7 nitrogen and oxygen atoms in total. The Balaban J connectivity index is 1.73. The smallest absolute Gasteiger partial charge is 0.328 e. The molecule has 0 saturated heterocycles. The van der Waals surface area contributed by atoms with Crippen LogP contribution in [0.25, 0.3) is 11.0 Å². The molecule has 2 aromatic carbocycles. The Hall–Kier alpha value is -3.22. The molecule has 1 atom stereocenters. The number of nitrogens with one attached hydrogen (secondary N) is 1. The van der Waals surface area contributed by atoms with Gasteiger partial charge in [0.25, 0.3) is 5.91 Å². The highest BCUT2D eigenvalue weighted by Gasteiger charge is 2.16. The van der Waals surface area contributed by atoms with E-state index in [0.717, 1.165) is 16.8 Å². The number of imidazole rings is 1. The molecule has 0 fully saturated rings. The van der Waals surface area contributed by atoms with Gasteiger partial charge in [-0.05, 0) is 49.4 Å². The lowest BCUT2D eigenvalue weighted by atomic mass is 10.2. The first-order chi connectivity index (χ1) is 12.4. The second kappa shape index (κ2) is 6.95. The molecule has 0 aliphatic rings. The summed E-state index contributed by atoms with van der Waals surface area (Å²) in [6.45, 7) is 1.68. The molecule has 3 rings (SSSR count). The predicted molar refractivity (Wildman–Crippen MR) is 99.9 cm³/mol. The monoisotopic (exact) mass is 355 g/mol. The zero-order chi connectivity index (χ0) is 18.8. The lowest BCUT2D eigenvalue weighted by molar-refractivity contribution is -0.122. The molecule has 136 valence electrons. The molecule has 1 heterocycles. The molecule has 1 amide bonds. The predicted octanol–water partition coefficient (Wildman–Crippen LogP) is 2.29. The highest BCUT2D eigenvalue weighted by Crippen LogP contribution is 2.20. The Kier molecular flexibility index (Phi) is 4.71. The van der Waals surface area contributed by atoms with Crippen LogP contribution in [0.2, 0.25) is 0 Å². The van der Waals surface area contributed by atoms with E-state index >= 15 is 0 Å². The van der Waals surface area contributed by atoms with E-state index in [0.29, 0.717) is 11.4 Å². The van der Waals surface area contributed by atoms with Gasteiger partial charge in [0.05, 0.1) is 18.1 Å². The Morgan fingerprint density at radius 3 is 2.27 bits per heavy atom. The SMILES string of the molecule is COc1ccc(OC(C)C(=O)Nc2ccc3c(c2)n(C)c(=O)n3C)cc1. The number of carbonyl (C=O) groups is 1. The van der Waals surface area contributed by atoms with Crippen molar-refractivity contribution in [1.82, 2.24) is 9.13 Å². The fraction of sp³-hybridized carbons (Fsp3) is 0.263. The maximum absolute atomic E-state index is 12.4. The lowest BCUT2D eigenvalue weighted by Crippen LogP contribution is -2.30. The minimum absolute atomic E-state index is 0.111. The number of rotatable bonds is 5. The summed E-state index contributed by atoms with van der Waals surface area (Å²) in [5, 5.41) is 2.82. The van der Waals surface area contributed by atoms with Gasteiger partial charge in [0.15, 0.2) is 6.10 Å². The van der Waals surface area contributed by atoms with E-state index in [1.54, 1.807) is 79.7 Å². The van der Waals surface area contributed by atoms with Crippen LogP contribution in [0.3, 0.4) is 0 Å². The zero-order valence-electron chi connectivity index (χ0n) is 15.1. The van der Waals surface area contributed by atoms with E-state index in [4.69, 9.17) is 9.47 Å². The van der Waals surface area contributed by atoms with Gasteiger partial charge in [0.2, 0.25) is 0 Å². The number of carbonyl (C=O) groups excluding carboxylic acids is 1. The van der Waals surface area contributed by atoms with Crippen LogP contribution < -0.4 is 20.5 Å². The number of methoxy groups -OCH3 is 1. The summed E-state index contributed by atoms with van der Waals surface area (Å²) in [6, 6.07) is 12.4. The number of anilines is 1. The summed E-state index contributed by atoms with van der Waals surface area (Å²) in [7, 11) is 5.00. The highest BCUT2D eigenvalue weighted by molar-refractivity contribution is 5.95. The third-order valence-electron chi connectivity index (χ3n) is 4.28. The average molecular weight is 355 g/mol. The van der Waals surface area contributed by atoms with Crippen molar-refractivity contribution in [2.75, 3.05) is 12.4 Å². The van der Waals surface area contributed by atoms with Gasteiger partial charge >= 0.3 is 5.69 Å². The second-order valence-electron chi connectivity index (χ2n) is 6.03. The van der Waals surface area contributed by atoms with E-state index in [1.807, 2.05) is 0 Å². The molecule has 0 bridgehead atoms. The van der Waals surface area contributed by atoms with E-state index in [-0.39, 0.29) is 11.6 Å². The third kappa shape index (κ3) is 3.28. The summed E-state index contributed by atoms with van der Waals surface area (Å²) in [4.78, 5) is 24.4. The van der Waals surface area contributed by atoms with Gasteiger partial charge in [-0.3, -0.25) is 13.9 Å². The zero-order valence-corrected chi connectivity index (χ0v) is 15.1. The fourth-order valence-electron chi connectivity index (χ4n) is 2.74. The molecule has 0 saturated carbocycles. The van der Waals surface area contributed by atoms with Crippen molar-refractivity contribution in [2.45, 2.75) is 13.0 Å². The first-order valence-corrected chi connectivity index (χ1v) is 8.17. The number of aryl methyl sites for hydroxylation is 2. The molecule has 26 heavy (non-hydrogen) atoms. The summed E-state index contributed by atoms with van der Waals surface area (Å²) < 4.78 is 13.9. The molecule has 1 N–H and O–H groups in total. The van der Waals surface area contributed by atoms with Crippen LogP contribution in [0.1, 0.15) is 6.92 Å². The van der Waals surface area contributed by atoms with Crippen molar-refractivity contribution < 1.29 is 14.3 Å². The Morgan fingerprint density at radius 1 is 1.00 bits per heavy atom. The molecule has 1 aromatic heterocycles. The van der Waals surface area contributed by atoms with Gasteiger partial charge in [-0.2, -0.15) is 0 Å². The molecule has 0 aliphatic heterocycles. The molecule has 3 aromatic rings. The molecule has 7 heteroatoms. The first-order valence-electron chi connectivity index (χ1n) is 8.17. The van der Waals surface area contributed by atoms with E-state index < -0.39 is 6.10 Å². The van der Waals surface area contributed by atoms with Gasteiger partial charge in [-0.25, -0.2) is 4.79 Å². The van der Waals surface area contributed by atoms with Gasteiger partial charge in [0.1, 0.15) is 11.5 Å². The number of nitrogens with zero attached hydrogens (tertiary/aromatic N) is 2. The van der Waals surface area contributed by atoms with E-state index in [1.165, 1.54) is 0 Å². The van der Waals surface area contributed by atoms with Crippen LogP contribution in [0.5, 0.6) is 11.5 Å². The highest BCUT2D eigenvalue weighted by atomic mass is 16.5. The maximum Gasteiger partial charge on any atom is 0.328 e. The summed E-state index contributed by atoms with van der Waals surface area (Å²) >= 11 is 0. The van der Waals surface area contributed by atoms with Crippen LogP contribution in [-0.2, 0) is 18.9 Å². The van der Waals surface area contributed by atoms with Crippen molar-refractivity contribution in [2.24, 2.45) is 14.1 Å². The summed E-state index contributed by atoms with van der Waals surface area (Å²) in [5.74, 6) is 1.02. The number of benzene rings is 2. The number of hydrogen-bond acceptors (Lipinski definition) is 4. The van der Waals surface area contributed by atoms with E-state index in [2.05, 4.69) is 5.32 Å². The molecule has 0 spiro atoms. The van der Waals surface area contributed by atoms with Crippen molar-refractivity contribution in [1.29, 1.82) is 0 Å². The van der Waals surface area contributed by atoms with Crippen molar-refractivity contribution in [3.63, 3.8) is 0 Å². The summed E-state index contributed by atoms with van der Waals surface area (Å²) in [5.41, 5.74) is 2.05. The quantitative estimate of drug-likeness (QED) is 0.762. The van der Waals surface area contributed by atoms with Gasteiger partial charge in [0, 0.05) is 19.8 Å². The van der Waals surface area contributed by atoms with Crippen LogP contribution in [0.4, 0.5) is 5.69 Å². The van der Waals surface area contributed by atoms with Crippen LogP contribution in [0, 0.1) is 0 Å². The Labute approximate surface area is 150 Å². The molecule has 0 radical (unpaired) electrons. The van der Waals surface area contributed by atoms with Gasteiger partial charge < -0.3 is 14.8 Å². The molecular formula is C19H21N3O4. The first kappa shape index (κ1) is 17.6. The minimum atomic E-state index is -0.682. The van der Waals surface area contributed by atoms with Crippen molar-refractivity contribution in [3.05, 3.63) is 52.9 Å². The van der Waals surface area contributed by atoms with Gasteiger partial charge in [-0.15, -0.1) is 0 Å². The van der Waals surface area contributed by atoms with Crippen LogP contribution >= 0.6 is 0 Å². The number of hydrogen-bond donors (Lipinski definition) is 1. The Bertz CT molecular complexity index is 1000. The summed E-state index contributed by atoms with van der Waals surface area (Å²) in [6.07, 6.45) is -0.682. The number of aromatic nitrogens is 2. The average Bonchev–Trinajstić information content (AvgIpc) is 2.86. The Morgan fingerprint density at radius 2 is 1.62 bits per heavy atom. The molecular weight excluding hydrogens is 334 g/mol. The third-order valence-corrected chi connectivity index (χ3v) is 4.28. The molecule has 0 aliphatic carbocycles. The number of amides is 1. The second-order valence-corrected chi connectivity index (χ2v) is 6.03. The lowest BCUT2D eigenvalue weighted by Gasteiger charge is -2.15. The number of ether oxygens (including phenoxy) is 2. The molecule has 1 unspecified atom stereocenters. The van der Waals surface area contributed by atoms with E-state index in [9.17, 15) is 9.59 Å². The van der Waals surface area contributed by atoms with Crippen LogP contribution in [-0.4, -0.2) is 28.3 Å². The van der Waals surface area contributed by atoms with Crippen molar-refractivity contribution >= 4 is 22.6 Å². The topological polar surface area (TPSA) is 74.5 Å². The minimum Gasteiger partial charge on any atom is -0.497 e.